The van der Waals surface area contributed by atoms with Gasteiger partial charge in [-0.1, -0.05) is 12.1 Å². The number of piperazine rings is 1. The zero-order valence-electron chi connectivity index (χ0n) is 16.3. The highest BCUT2D eigenvalue weighted by Gasteiger charge is 2.24. The van der Waals surface area contributed by atoms with Gasteiger partial charge in [0.2, 0.25) is 0 Å². The third kappa shape index (κ3) is 4.24. The van der Waals surface area contributed by atoms with E-state index in [0.29, 0.717) is 6.04 Å². The lowest BCUT2D eigenvalue weighted by Crippen LogP contribution is -2.47. The maximum absolute atomic E-state index is 9.19. The van der Waals surface area contributed by atoms with Gasteiger partial charge in [0, 0.05) is 69.3 Å². The smallest absolute Gasteiger partial charge is 0.133 e. The zero-order valence-corrected chi connectivity index (χ0v) is 16.3. The quantitative estimate of drug-likeness (QED) is 0.825. The number of fused-ring (bicyclic) bond motifs is 1. The van der Waals surface area contributed by atoms with Crippen LogP contribution >= 0.6 is 0 Å². The number of hydrogen-bond acceptors (Lipinski definition) is 6. The van der Waals surface area contributed by atoms with Gasteiger partial charge < -0.3 is 15.7 Å². The molecular formula is C21H31N5O. The van der Waals surface area contributed by atoms with Crippen molar-refractivity contribution in [3.63, 3.8) is 0 Å². The first-order valence-corrected chi connectivity index (χ1v) is 10.1. The molecule has 6 heteroatoms. The van der Waals surface area contributed by atoms with Gasteiger partial charge in [0.05, 0.1) is 12.1 Å². The minimum Gasteiger partial charge on any atom is -0.395 e. The highest BCUT2D eigenvalue weighted by atomic mass is 16.3. The van der Waals surface area contributed by atoms with Crippen LogP contribution in [0.2, 0.25) is 0 Å². The number of β-amino-alcohol motifs (C(OH)–C–C–N with tert-alkyl or cyclic N) is 1. The first-order valence-electron chi connectivity index (χ1n) is 10.1. The molecule has 0 saturated carbocycles. The number of aromatic nitrogens is 1. The van der Waals surface area contributed by atoms with Gasteiger partial charge in [-0.2, -0.15) is 0 Å². The van der Waals surface area contributed by atoms with Gasteiger partial charge in [-0.3, -0.25) is 9.80 Å². The summed E-state index contributed by atoms with van der Waals surface area (Å²) in [5.74, 6) is 1.12. The fraction of sp³-hybridized carbons (Fsp3) is 0.571. The fourth-order valence-electron chi connectivity index (χ4n) is 4.27. The van der Waals surface area contributed by atoms with Crippen molar-refractivity contribution in [2.45, 2.75) is 25.9 Å². The normalized spacial score (nSPS) is 22.0. The van der Waals surface area contributed by atoms with Gasteiger partial charge in [-0.25, -0.2) is 4.98 Å². The number of pyridine rings is 1. The Balaban J connectivity index is 1.62. The summed E-state index contributed by atoms with van der Waals surface area (Å²) >= 11 is 0. The zero-order chi connectivity index (χ0) is 18.8. The molecule has 2 fully saturated rings. The molecule has 1 atom stereocenters. The molecule has 0 spiro atoms. The minimum absolute atomic E-state index is 0.230. The van der Waals surface area contributed by atoms with Crippen molar-refractivity contribution in [3.8, 4) is 0 Å². The molecule has 2 aliphatic rings. The molecule has 6 nitrogen and oxygen atoms in total. The van der Waals surface area contributed by atoms with Crippen LogP contribution in [0.1, 0.15) is 17.5 Å². The molecule has 0 unspecified atom stereocenters. The molecule has 2 saturated heterocycles. The number of likely N-dealkylation sites (tertiary alicyclic amines) is 1. The summed E-state index contributed by atoms with van der Waals surface area (Å²) in [6, 6.07) is 9.14. The van der Waals surface area contributed by atoms with Crippen molar-refractivity contribution in [1.82, 2.24) is 14.8 Å². The van der Waals surface area contributed by atoms with E-state index in [1.807, 2.05) is 0 Å². The highest BCUT2D eigenvalue weighted by Crippen LogP contribution is 2.27. The van der Waals surface area contributed by atoms with Crippen molar-refractivity contribution < 1.29 is 5.11 Å². The summed E-state index contributed by atoms with van der Waals surface area (Å²) in [6.07, 6.45) is 1.08. The number of nitrogens with zero attached hydrogens (tertiary/aromatic N) is 4. The Labute approximate surface area is 161 Å². The summed E-state index contributed by atoms with van der Waals surface area (Å²) in [5, 5.41) is 10.4. The van der Waals surface area contributed by atoms with E-state index in [-0.39, 0.29) is 6.61 Å². The van der Waals surface area contributed by atoms with E-state index in [1.54, 1.807) is 0 Å². The first-order chi connectivity index (χ1) is 13.1. The third-order valence-electron chi connectivity index (χ3n) is 5.82. The number of nitrogens with two attached hydrogens (primary N) is 1. The molecule has 27 heavy (non-hydrogen) atoms. The molecule has 0 radical (unpaired) electrons. The van der Waals surface area contributed by atoms with E-state index in [1.165, 1.54) is 16.5 Å². The molecule has 3 N–H and O–H groups in total. The fourth-order valence-corrected chi connectivity index (χ4v) is 4.27. The Morgan fingerprint density at radius 1 is 1.11 bits per heavy atom. The lowest BCUT2D eigenvalue weighted by molar-refractivity contribution is 0.188. The number of anilines is 1. The lowest BCUT2D eigenvalue weighted by atomic mass is 10.1. The molecule has 2 aliphatic heterocycles. The monoisotopic (exact) mass is 369 g/mol. The summed E-state index contributed by atoms with van der Waals surface area (Å²) in [5.41, 5.74) is 9.74. The first kappa shape index (κ1) is 18.6. The number of rotatable bonds is 5. The van der Waals surface area contributed by atoms with Crippen LogP contribution in [0.25, 0.3) is 10.9 Å². The molecule has 0 aliphatic carbocycles. The Morgan fingerprint density at radius 3 is 2.63 bits per heavy atom. The van der Waals surface area contributed by atoms with Crippen LogP contribution in [-0.2, 0) is 6.54 Å². The van der Waals surface area contributed by atoms with E-state index in [4.69, 9.17) is 10.7 Å². The maximum atomic E-state index is 9.19. The summed E-state index contributed by atoms with van der Waals surface area (Å²) < 4.78 is 0. The molecule has 146 valence electrons. The Bertz CT molecular complexity index is 787. The van der Waals surface area contributed by atoms with E-state index in [2.05, 4.69) is 45.9 Å². The van der Waals surface area contributed by atoms with Crippen molar-refractivity contribution in [1.29, 1.82) is 0 Å². The van der Waals surface area contributed by atoms with E-state index >= 15 is 0 Å². The third-order valence-corrected chi connectivity index (χ3v) is 5.82. The molecule has 2 aromatic rings. The van der Waals surface area contributed by atoms with Crippen LogP contribution in [0.4, 0.5) is 5.82 Å². The van der Waals surface area contributed by atoms with Crippen molar-refractivity contribution in [3.05, 3.63) is 35.4 Å². The summed E-state index contributed by atoms with van der Waals surface area (Å²) in [4.78, 5) is 12.3. The molecule has 1 aromatic heterocycles. The highest BCUT2D eigenvalue weighted by molar-refractivity contribution is 5.82. The van der Waals surface area contributed by atoms with Crippen LogP contribution in [0, 0.1) is 6.92 Å². The maximum Gasteiger partial charge on any atom is 0.133 e. The van der Waals surface area contributed by atoms with Crippen LogP contribution < -0.4 is 10.6 Å². The molecule has 3 heterocycles. The number of aliphatic hydroxyl groups is 1. The largest absolute Gasteiger partial charge is 0.395 e. The van der Waals surface area contributed by atoms with Crippen molar-refractivity contribution in [2.24, 2.45) is 5.73 Å². The topological polar surface area (TPSA) is 68.9 Å². The average Bonchev–Trinajstić information content (AvgIpc) is 3.07. The van der Waals surface area contributed by atoms with E-state index in [9.17, 15) is 5.11 Å². The SMILES string of the molecule is Cc1ccc2cc(CN3CC[C@H](N)C3)c(N3CCN(CCO)CC3)nc2c1. The molecule has 0 bridgehead atoms. The second kappa shape index (κ2) is 8.10. The Morgan fingerprint density at radius 2 is 1.93 bits per heavy atom. The van der Waals surface area contributed by atoms with Gasteiger partial charge in [-0.05, 0) is 31.0 Å². The lowest BCUT2D eigenvalue weighted by Gasteiger charge is -2.36. The van der Waals surface area contributed by atoms with Crippen molar-refractivity contribution >= 4 is 16.7 Å². The summed E-state index contributed by atoms with van der Waals surface area (Å²) in [6.45, 7) is 9.92. The van der Waals surface area contributed by atoms with Crippen LogP contribution in [0.15, 0.2) is 24.3 Å². The van der Waals surface area contributed by atoms with Crippen molar-refractivity contribution in [2.75, 3.05) is 57.3 Å². The molecular weight excluding hydrogens is 338 g/mol. The summed E-state index contributed by atoms with van der Waals surface area (Å²) in [7, 11) is 0. The molecule has 4 rings (SSSR count). The van der Waals surface area contributed by atoms with Gasteiger partial charge >= 0.3 is 0 Å². The van der Waals surface area contributed by atoms with Crippen LogP contribution in [0.5, 0.6) is 0 Å². The number of benzene rings is 1. The Hall–Kier alpha value is -1.73. The average molecular weight is 370 g/mol. The number of aliphatic hydroxyl groups excluding tert-OH is 1. The number of hydrogen-bond donors (Lipinski definition) is 2. The van der Waals surface area contributed by atoms with Gasteiger partial charge in [-0.15, -0.1) is 0 Å². The second-order valence-electron chi connectivity index (χ2n) is 8.00. The van der Waals surface area contributed by atoms with E-state index in [0.717, 1.165) is 70.1 Å². The van der Waals surface area contributed by atoms with Gasteiger partial charge in [0.15, 0.2) is 0 Å². The Kier molecular flexibility index (Phi) is 5.59. The molecule has 0 amide bonds. The minimum atomic E-state index is 0.230. The predicted molar refractivity (Wildman–Crippen MR) is 110 cm³/mol. The van der Waals surface area contributed by atoms with E-state index < -0.39 is 0 Å². The standard InChI is InChI=1S/C21H31N5O/c1-16-2-3-17-13-18(14-25-5-4-19(22)15-25)21(23-20(17)12-16)26-8-6-24(7-9-26)10-11-27/h2-3,12-13,19,27H,4-11,14-15,22H2,1H3/t19-/m0/s1. The number of aryl methyl sites for hydroxylation is 1. The van der Waals surface area contributed by atoms with Gasteiger partial charge in [0.25, 0.3) is 0 Å². The van der Waals surface area contributed by atoms with Crippen LogP contribution in [-0.4, -0.2) is 78.4 Å². The van der Waals surface area contributed by atoms with Gasteiger partial charge in [0.1, 0.15) is 5.82 Å². The second-order valence-corrected chi connectivity index (χ2v) is 8.00. The molecule has 1 aromatic carbocycles. The van der Waals surface area contributed by atoms with Crippen LogP contribution in [0.3, 0.4) is 0 Å². The predicted octanol–water partition coefficient (Wildman–Crippen LogP) is 1.19.